The highest BCUT2D eigenvalue weighted by Crippen LogP contribution is 2.21. The van der Waals surface area contributed by atoms with Gasteiger partial charge in [0.05, 0.1) is 6.54 Å². The van der Waals surface area contributed by atoms with Gasteiger partial charge < -0.3 is 9.80 Å². The molecule has 0 fully saturated rings. The number of likely N-dealkylation sites (N-methyl/N-ethyl adjacent to an activating group) is 2. The zero-order valence-electron chi connectivity index (χ0n) is 16.5. The first-order valence-corrected chi connectivity index (χ1v) is 8.84. The Morgan fingerprint density at radius 1 is 0.963 bits per heavy atom. The maximum Gasteiger partial charge on any atom is 0.236 e. The van der Waals surface area contributed by atoms with Gasteiger partial charge in [0.1, 0.15) is 0 Å². The molecule has 2 aromatic rings. The van der Waals surface area contributed by atoms with E-state index in [0.717, 1.165) is 17.3 Å². The predicted molar refractivity (Wildman–Crippen MR) is 105 cm³/mol. The average Bonchev–Trinajstić information content (AvgIpc) is 2.63. The van der Waals surface area contributed by atoms with Crippen molar-refractivity contribution in [2.75, 3.05) is 39.6 Å². The Balaban J connectivity index is 1.95. The van der Waals surface area contributed by atoms with Crippen molar-refractivity contribution in [1.29, 1.82) is 0 Å². The van der Waals surface area contributed by atoms with Crippen LogP contribution in [0.1, 0.15) is 24.1 Å². The van der Waals surface area contributed by atoms with Crippen LogP contribution in [0, 0.1) is 11.6 Å². The molecule has 4 nitrogen and oxygen atoms in total. The Morgan fingerprint density at radius 2 is 1.59 bits per heavy atom. The Bertz CT molecular complexity index is 777. The van der Waals surface area contributed by atoms with E-state index in [4.69, 9.17) is 0 Å². The fourth-order valence-corrected chi connectivity index (χ4v) is 2.76. The van der Waals surface area contributed by atoms with E-state index in [0.29, 0.717) is 12.1 Å². The number of hydrogen-bond donors (Lipinski definition) is 0. The van der Waals surface area contributed by atoms with E-state index in [1.807, 2.05) is 55.1 Å². The van der Waals surface area contributed by atoms with Gasteiger partial charge in [-0.05, 0) is 49.4 Å². The smallest absolute Gasteiger partial charge is 0.236 e. The van der Waals surface area contributed by atoms with Crippen molar-refractivity contribution in [3.63, 3.8) is 0 Å². The Kier molecular flexibility index (Phi) is 6.91. The van der Waals surface area contributed by atoms with Crippen LogP contribution in [0.3, 0.4) is 0 Å². The normalized spacial score (nSPS) is 12.1. The molecule has 0 bridgehead atoms. The van der Waals surface area contributed by atoms with Crippen LogP contribution < -0.4 is 4.90 Å². The summed E-state index contributed by atoms with van der Waals surface area (Å²) in [7, 11) is 7.52. The summed E-state index contributed by atoms with van der Waals surface area (Å²) in [5.41, 5.74) is 2.78. The molecule has 0 aliphatic rings. The molecular weight excluding hydrogens is 348 g/mol. The molecule has 0 radical (unpaired) electrons. The molecule has 146 valence electrons. The zero-order chi connectivity index (χ0) is 20.1. The van der Waals surface area contributed by atoms with Crippen molar-refractivity contribution in [2.24, 2.45) is 0 Å². The van der Waals surface area contributed by atoms with Crippen molar-refractivity contribution in [1.82, 2.24) is 9.80 Å². The van der Waals surface area contributed by atoms with Crippen molar-refractivity contribution < 1.29 is 13.6 Å². The van der Waals surface area contributed by atoms with E-state index >= 15 is 0 Å². The van der Waals surface area contributed by atoms with Crippen LogP contribution in [0.25, 0.3) is 0 Å². The van der Waals surface area contributed by atoms with Crippen LogP contribution in [-0.2, 0) is 11.3 Å². The summed E-state index contributed by atoms with van der Waals surface area (Å²) in [4.78, 5) is 18.0. The summed E-state index contributed by atoms with van der Waals surface area (Å²) in [6, 6.07) is 11.7. The van der Waals surface area contributed by atoms with Crippen molar-refractivity contribution in [2.45, 2.75) is 19.5 Å². The lowest BCUT2D eigenvalue weighted by Gasteiger charge is -2.27. The summed E-state index contributed by atoms with van der Waals surface area (Å²) in [6.07, 6.45) is 0. The van der Waals surface area contributed by atoms with Gasteiger partial charge in [0.15, 0.2) is 11.6 Å². The number of halogens is 2. The highest BCUT2D eigenvalue weighted by atomic mass is 19.2. The lowest BCUT2D eigenvalue weighted by Crippen LogP contribution is -2.37. The molecule has 2 rings (SSSR count). The van der Waals surface area contributed by atoms with Crippen molar-refractivity contribution >= 4 is 11.6 Å². The molecule has 27 heavy (non-hydrogen) atoms. The monoisotopic (exact) mass is 375 g/mol. The zero-order valence-corrected chi connectivity index (χ0v) is 16.5. The second-order valence-corrected chi connectivity index (χ2v) is 7.08. The first kappa shape index (κ1) is 20.8. The van der Waals surface area contributed by atoms with Gasteiger partial charge in [-0.1, -0.05) is 18.2 Å². The molecule has 0 aliphatic heterocycles. The van der Waals surface area contributed by atoms with Gasteiger partial charge in [0.25, 0.3) is 0 Å². The molecule has 0 N–H and O–H groups in total. The minimum Gasteiger partial charge on any atom is -0.378 e. The largest absolute Gasteiger partial charge is 0.378 e. The molecule has 0 saturated heterocycles. The number of amides is 1. The highest BCUT2D eigenvalue weighted by molar-refractivity contribution is 5.78. The summed E-state index contributed by atoms with van der Waals surface area (Å²) in [5.74, 6) is -1.79. The van der Waals surface area contributed by atoms with Crippen molar-refractivity contribution in [3.05, 3.63) is 65.2 Å². The predicted octanol–water partition coefficient (Wildman–Crippen LogP) is 3.68. The SMILES string of the molecule is CC(c1ccc(F)c(F)c1)N(C)CC(=O)N(C)Cc1ccc(N(C)C)cc1. The fraction of sp³-hybridized carbons (Fsp3) is 0.381. The number of anilines is 1. The van der Waals surface area contributed by atoms with Gasteiger partial charge in [-0.3, -0.25) is 9.69 Å². The molecule has 0 saturated carbocycles. The van der Waals surface area contributed by atoms with E-state index in [9.17, 15) is 13.6 Å². The van der Waals surface area contributed by atoms with Gasteiger partial charge in [-0.25, -0.2) is 8.78 Å². The van der Waals surface area contributed by atoms with E-state index in [1.54, 1.807) is 25.1 Å². The molecule has 6 heteroatoms. The third kappa shape index (κ3) is 5.50. The molecule has 1 unspecified atom stereocenters. The van der Waals surface area contributed by atoms with Crippen LogP contribution in [0.4, 0.5) is 14.5 Å². The van der Waals surface area contributed by atoms with E-state index in [1.165, 1.54) is 6.07 Å². The molecule has 1 atom stereocenters. The third-order valence-electron chi connectivity index (χ3n) is 4.77. The van der Waals surface area contributed by atoms with Crippen molar-refractivity contribution in [3.8, 4) is 0 Å². The van der Waals surface area contributed by atoms with Gasteiger partial charge in [-0.15, -0.1) is 0 Å². The Hall–Kier alpha value is -2.47. The number of hydrogen-bond acceptors (Lipinski definition) is 3. The summed E-state index contributed by atoms with van der Waals surface area (Å²) in [6.45, 7) is 2.56. The Labute approximate surface area is 160 Å². The lowest BCUT2D eigenvalue weighted by atomic mass is 10.1. The van der Waals surface area contributed by atoms with E-state index < -0.39 is 11.6 Å². The van der Waals surface area contributed by atoms with Gasteiger partial charge in [0.2, 0.25) is 5.91 Å². The minimum atomic E-state index is -0.877. The maximum absolute atomic E-state index is 13.4. The van der Waals surface area contributed by atoms with Gasteiger partial charge >= 0.3 is 0 Å². The molecular formula is C21H27F2N3O. The number of nitrogens with zero attached hydrogens (tertiary/aromatic N) is 3. The van der Waals surface area contributed by atoms with Crippen LogP contribution in [0.2, 0.25) is 0 Å². The van der Waals surface area contributed by atoms with E-state index in [-0.39, 0.29) is 18.5 Å². The minimum absolute atomic E-state index is 0.0383. The summed E-state index contributed by atoms with van der Waals surface area (Å²) >= 11 is 0. The maximum atomic E-state index is 13.4. The molecule has 2 aromatic carbocycles. The lowest BCUT2D eigenvalue weighted by molar-refractivity contribution is -0.131. The quantitative estimate of drug-likeness (QED) is 0.739. The molecule has 0 heterocycles. The number of carbonyl (C=O) groups is 1. The van der Waals surface area contributed by atoms with E-state index in [2.05, 4.69) is 0 Å². The molecule has 0 spiro atoms. The molecule has 0 aliphatic carbocycles. The summed E-state index contributed by atoms with van der Waals surface area (Å²) in [5, 5.41) is 0. The summed E-state index contributed by atoms with van der Waals surface area (Å²) < 4.78 is 26.5. The number of rotatable bonds is 7. The second kappa shape index (κ2) is 8.95. The number of carbonyl (C=O) groups excluding carboxylic acids is 1. The first-order chi connectivity index (χ1) is 12.7. The first-order valence-electron chi connectivity index (χ1n) is 8.84. The molecule has 0 aromatic heterocycles. The van der Waals surface area contributed by atoms with Gasteiger partial charge in [-0.2, -0.15) is 0 Å². The van der Waals surface area contributed by atoms with Crippen LogP contribution in [0.5, 0.6) is 0 Å². The van der Waals surface area contributed by atoms with Crippen LogP contribution in [-0.4, -0.2) is 50.4 Å². The van der Waals surface area contributed by atoms with Crippen LogP contribution >= 0.6 is 0 Å². The fourth-order valence-electron chi connectivity index (χ4n) is 2.76. The highest BCUT2D eigenvalue weighted by Gasteiger charge is 2.18. The third-order valence-corrected chi connectivity index (χ3v) is 4.77. The van der Waals surface area contributed by atoms with Gasteiger partial charge in [0, 0.05) is 39.4 Å². The second-order valence-electron chi connectivity index (χ2n) is 7.08. The molecule has 1 amide bonds. The average molecular weight is 375 g/mol. The Morgan fingerprint density at radius 3 is 2.15 bits per heavy atom. The standard InChI is InChI=1S/C21H27F2N3O/c1-15(17-8-11-19(22)20(23)12-17)25(4)14-21(27)26(5)13-16-6-9-18(10-7-16)24(2)3/h6-12,15H,13-14H2,1-5H3. The van der Waals surface area contributed by atoms with Crippen LogP contribution in [0.15, 0.2) is 42.5 Å². The topological polar surface area (TPSA) is 26.8 Å². The number of benzene rings is 2.